The summed E-state index contributed by atoms with van der Waals surface area (Å²) in [5.41, 5.74) is 2.70. The van der Waals surface area contributed by atoms with E-state index >= 15 is 0 Å². The number of fused-ring (bicyclic) bond motifs is 1. The number of aromatic nitrogens is 1. The topological polar surface area (TPSA) is 138 Å². The molecule has 2 aromatic carbocycles. The van der Waals surface area contributed by atoms with Gasteiger partial charge in [-0.1, -0.05) is 30.3 Å². The minimum atomic E-state index is -1.05. The lowest BCUT2D eigenvalue weighted by Gasteiger charge is -2.27. The molecule has 1 unspecified atom stereocenters. The van der Waals surface area contributed by atoms with Gasteiger partial charge in [-0.15, -0.1) is 0 Å². The maximum Gasteiger partial charge on any atom is 0.319 e. The van der Waals surface area contributed by atoms with Crippen LogP contribution in [0.3, 0.4) is 0 Å². The minimum Gasteiger partial charge on any atom is -0.329 e. The van der Waals surface area contributed by atoms with Crippen LogP contribution in [-0.4, -0.2) is 45.6 Å². The van der Waals surface area contributed by atoms with Crippen molar-refractivity contribution >= 4 is 35.3 Å². The second-order valence-electron chi connectivity index (χ2n) is 9.73. The van der Waals surface area contributed by atoms with E-state index in [1.54, 1.807) is 12.4 Å². The van der Waals surface area contributed by atoms with E-state index < -0.39 is 41.2 Å². The molecule has 0 saturated carbocycles. The smallest absolute Gasteiger partial charge is 0.319 e. The van der Waals surface area contributed by atoms with Crippen LogP contribution in [0.5, 0.6) is 0 Å². The summed E-state index contributed by atoms with van der Waals surface area (Å²) >= 11 is 0. The van der Waals surface area contributed by atoms with Crippen molar-refractivity contribution in [2.24, 2.45) is 0 Å². The highest BCUT2D eigenvalue weighted by molar-refractivity contribution is 6.23. The fourth-order valence-corrected chi connectivity index (χ4v) is 4.68. The van der Waals surface area contributed by atoms with Gasteiger partial charge in [0, 0.05) is 24.5 Å². The quantitative estimate of drug-likeness (QED) is 0.450. The first kappa shape index (κ1) is 24.8. The number of nitrogens with zero attached hydrogens (tertiary/aromatic N) is 2. The fourth-order valence-electron chi connectivity index (χ4n) is 4.68. The third kappa shape index (κ3) is 4.63. The maximum atomic E-state index is 13.0. The fraction of sp³-hybridized carbons (Fsp3) is 0.214. The number of nitrogens with one attached hydrogen (secondary N) is 3. The number of benzene rings is 2. The molecule has 3 heterocycles. The molecule has 0 aliphatic carbocycles. The lowest BCUT2D eigenvalue weighted by Crippen LogP contribution is -2.54. The standard InChI is InChI=1S/C28H25N5O5/c1-28(2,18-7-5-16(6-8-18)17-4-3-13-29-15-17)32-27(38)30-19-9-10-20-21(14-19)26(37)33(25(20)36)22-11-12-23(34)31-24(22)35/h3-10,13-15,22H,11-12H2,1-2H3,(H2,30,32,38)(H,31,34,35). The second-order valence-corrected chi connectivity index (χ2v) is 9.73. The van der Waals surface area contributed by atoms with E-state index in [4.69, 9.17) is 0 Å². The van der Waals surface area contributed by atoms with Gasteiger partial charge in [-0.3, -0.25) is 34.4 Å². The van der Waals surface area contributed by atoms with Gasteiger partial charge in [0.2, 0.25) is 11.8 Å². The van der Waals surface area contributed by atoms with Crippen LogP contribution in [0.2, 0.25) is 0 Å². The molecule has 10 heteroatoms. The molecule has 1 fully saturated rings. The van der Waals surface area contributed by atoms with Crippen molar-refractivity contribution in [1.29, 1.82) is 0 Å². The molecule has 0 radical (unpaired) electrons. The Labute approximate surface area is 218 Å². The van der Waals surface area contributed by atoms with Crippen LogP contribution in [0.15, 0.2) is 67.0 Å². The van der Waals surface area contributed by atoms with Gasteiger partial charge in [0.15, 0.2) is 0 Å². The maximum absolute atomic E-state index is 13.0. The zero-order valence-corrected chi connectivity index (χ0v) is 20.8. The summed E-state index contributed by atoms with van der Waals surface area (Å²) in [5, 5.41) is 7.81. The molecule has 38 heavy (non-hydrogen) atoms. The number of piperidine rings is 1. The number of rotatable bonds is 5. The molecular weight excluding hydrogens is 486 g/mol. The van der Waals surface area contributed by atoms with E-state index in [0.29, 0.717) is 5.69 Å². The van der Waals surface area contributed by atoms with Crippen LogP contribution in [-0.2, 0) is 15.1 Å². The van der Waals surface area contributed by atoms with Crippen molar-refractivity contribution in [3.63, 3.8) is 0 Å². The highest BCUT2D eigenvalue weighted by Crippen LogP contribution is 2.30. The molecule has 6 amide bonds. The van der Waals surface area contributed by atoms with E-state index in [9.17, 15) is 24.0 Å². The Morgan fingerprint density at radius 3 is 2.39 bits per heavy atom. The highest BCUT2D eigenvalue weighted by Gasteiger charge is 2.44. The minimum absolute atomic E-state index is 0.0404. The van der Waals surface area contributed by atoms with Crippen molar-refractivity contribution in [2.75, 3.05) is 5.32 Å². The monoisotopic (exact) mass is 511 g/mol. The van der Waals surface area contributed by atoms with Gasteiger partial charge >= 0.3 is 6.03 Å². The van der Waals surface area contributed by atoms with Crippen LogP contribution in [0, 0.1) is 0 Å². The van der Waals surface area contributed by atoms with E-state index in [2.05, 4.69) is 20.9 Å². The Balaban J connectivity index is 1.27. The number of anilines is 1. The third-order valence-corrected chi connectivity index (χ3v) is 6.73. The van der Waals surface area contributed by atoms with Gasteiger partial charge < -0.3 is 10.6 Å². The number of carbonyl (C=O) groups excluding carboxylic acids is 5. The molecule has 10 nitrogen and oxygen atoms in total. The highest BCUT2D eigenvalue weighted by atomic mass is 16.2. The first-order chi connectivity index (χ1) is 18.1. The largest absolute Gasteiger partial charge is 0.329 e. The van der Waals surface area contributed by atoms with Gasteiger partial charge in [-0.05, 0) is 61.2 Å². The van der Waals surface area contributed by atoms with Gasteiger partial charge in [0.1, 0.15) is 6.04 Å². The van der Waals surface area contributed by atoms with Crippen LogP contribution in [0.1, 0.15) is 53.0 Å². The molecule has 5 rings (SSSR count). The predicted molar refractivity (Wildman–Crippen MR) is 138 cm³/mol. The third-order valence-electron chi connectivity index (χ3n) is 6.73. The summed E-state index contributed by atoms with van der Waals surface area (Å²) < 4.78 is 0. The SMILES string of the molecule is CC(C)(NC(=O)Nc1ccc2c(c1)C(=O)N(C1CCC(=O)NC1=O)C2=O)c1ccc(-c2cccnc2)cc1. The normalized spacial score (nSPS) is 17.2. The number of imide groups is 2. The molecule has 0 bridgehead atoms. The average Bonchev–Trinajstić information content (AvgIpc) is 3.13. The molecule has 3 N–H and O–H groups in total. The number of pyridine rings is 1. The lowest BCUT2D eigenvalue weighted by molar-refractivity contribution is -0.136. The number of hydrogen-bond donors (Lipinski definition) is 3. The van der Waals surface area contributed by atoms with Gasteiger partial charge in [-0.25, -0.2) is 4.79 Å². The van der Waals surface area contributed by atoms with Crippen molar-refractivity contribution in [3.05, 3.63) is 83.7 Å². The molecule has 2 aliphatic rings. The van der Waals surface area contributed by atoms with Crippen molar-refractivity contribution < 1.29 is 24.0 Å². The van der Waals surface area contributed by atoms with Gasteiger partial charge in [-0.2, -0.15) is 0 Å². The zero-order valence-electron chi connectivity index (χ0n) is 20.8. The molecule has 3 aromatic rings. The van der Waals surface area contributed by atoms with Crippen molar-refractivity contribution in [2.45, 2.75) is 38.3 Å². The summed E-state index contributed by atoms with van der Waals surface area (Å²) in [7, 11) is 0. The second kappa shape index (κ2) is 9.55. The first-order valence-electron chi connectivity index (χ1n) is 12.1. The summed E-state index contributed by atoms with van der Waals surface area (Å²) in [4.78, 5) is 67.4. The number of carbonyl (C=O) groups is 5. The Morgan fingerprint density at radius 2 is 1.71 bits per heavy atom. The van der Waals surface area contributed by atoms with Crippen LogP contribution >= 0.6 is 0 Å². The molecule has 2 aliphatic heterocycles. The van der Waals surface area contributed by atoms with Crippen LogP contribution in [0.4, 0.5) is 10.5 Å². The molecule has 192 valence electrons. The number of urea groups is 1. The Kier molecular flexibility index (Phi) is 6.23. The summed E-state index contributed by atoms with van der Waals surface area (Å²) in [6.07, 6.45) is 3.61. The van der Waals surface area contributed by atoms with Gasteiger partial charge in [0.25, 0.3) is 11.8 Å². The summed E-state index contributed by atoms with van der Waals surface area (Å²) in [6.45, 7) is 3.74. The molecule has 1 atom stereocenters. The zero-order chi connectivity index (χ0) is 27.0. The Bertz CT molecular complexity index is 1470. The Morgan fingerprint density at radius 1 is 0.974 bits per heavy atom. The lowest BCUT2D eigenvalue weighted by atomic mass is 9.92. The molecular formula is C28H25N5O5. The number of amides is 6. The molecule has 0 spiro atoms. The van der Waals surface area contributed by atoms with Crippen LogP contribution in [0.25, 0.3) is 11.1 Å². The van der Waals surface area contributed by atoms with Crippen molar-refractivity contribution in [1.82, 2.24) is 20.5 Å². The van der Waals surface area contributed by atoms with E-state index in [1.807, 2.05) is 50.2 Å². The summed E-state index contributed by atoms with van der Waals surface area (Å²) in [5.74, 6) is -2.36. The summed E-state index contributed by atoms with van der Waals surface area (Å²) in [6, 6.07) is 14.5. The average molecular weight is 512 g/mol. The predicted octanol–water partition coefficient (Wildman–Crippen LogP) is 3.21. The van der Waals surface area contributed by atoms with Gasteiger partial charge in [0.05, 0.1) is 16.7 Å². The van der Waals surface area contributed by atoms with E-state index in [0.717, 1.165) is 21.6 Å². The van der Waals surface area contributed by atoms with E-state index in [1.165, 1.54) is 18.2 Å². The van der Waals surface area contributed by atoms with Crippen LogP contribution < -0.4 is 16.0 Å². The Hall–Kier alpha value is -4.86. The van der Waals surface area contributed by atoms with Crippen molar-refractivity contribution in [3.8, 4) is 11.1 Å². The molecule has 1 saturated heterocycles. The first-order valence-corrected chi connectivity index (χ1v) is 12.1. The number of hydrogen-bond acceptors (Lipinski definition) is 6. The molecule has 1 aromatic heterocycles. The van der Waals surface area contributed by atoms with E-state index in [-0.39, 0.29) is 24.0 Å².